The lowest BCUT2D eigenvalue weighted by Gasteiger charge is -2.41. The zero-order chi connectivity index (χ0) is 24.7. The third-order valence-corrected chi connectivity index (χ3v) is 8.58. The molecule has 0 radical (unpaired) electrons. The van der Waals surface area contributed by atoms with Gasteiger partial charge in [0.2, 0.25) is 0 Å². The van der Waals surface area contributed by atoms with Gasteiger partial charge in [-0.1, -0.05) is 18.2 Å². The van der Waals surface area contributed by atoms with Gasteiger partial charge in [-0.2, -0.15) is 18.4 Å². The molecule has 2 bridgehead atoms. The molecule has 0 aromatic heterocycles. The van der Waals surface area contributed by atoms with E-state index < -0.39 is 18.8 Å². The van der Waals surface area contributed by atoms with Gasteiger partial charge in [0.15, 0.2) is 0 Å². The van der Waals surface area contributed by atoms with Gasteiger partial charge in [-0.05, 0) is 86.8 Å². The summed E-state index contributed by atoms with van der Waals surface area (Å²) in [5, 5.41) is 11.1. The van der Waals surface area contributed by atoms with E-state index in [-0.39, 0.29) is 30.9 Å². The van der Waals surface area contributed by atoms with Crippen molar-refractivity contribution in [3.63, 3.8) is 0 Å². The summed E-state index contributed by atoms with van der Waals surface area (Å²) in [5.41, 5.74) is 1.64. The van der Waals surface area contributed by atoms with Crippen molar-refractivity contribution in [2.45, 2.75) is 95.4 Å². The minimum atomic E-state index is -4.15. The fourth-order valence-electron chi connectivity index (χ4n) is 6.71. The monoisotopic (exact) mass is 488 g/mol. The zero-order valence-corrected chi connectivity index (χ0v) is 20.0. The molecular weight excluding hydrogens is 456 g/mol. The molecular formula is C28H32F4N2O. The van der Waals surface area contributed by atoms with Crippen LogP contribution in [0.15, 0.2) is 30.3 Å². The minimum absolute atomic E-state index is 0.0571. The Labute approximate surface area is 204 Å². The molecule has 7 heteroatoms. The summed E-state index contributed by atoms with van der Waals surface area (Å²) in [5.74, 6) is -0.671. The summed E-state index contributed by atoms with van der Waals surface area (Å²) < 4.78 is 59.1. The Morgan fingerprint density at radius 3 is 2.31 bits per heavy atom. The van der Waals surface area contributed by atoms with Crippen molar-refractivity contribution in [1.29, 1.82) is 5.26 Å². The van der Waals surface area contributed by atoms with Crippen LogP contribution in [0, 0.1) is 23.2 Å². The summed E-state index contributed by atoms with van der Waals surface area (Å²) in [4.78, 5) is 2.57. The molecule has 3 aliphatic rings. The van der Waals surface area contributed by atoms with E-state index in [0.29, 0.717) is 36.2 Å². The average molecular weight is 489 g/mol. The van der Waals surface area contributed by atoms with E-state index in [1.54, 1.807) is 6.07 Å². The normalized spacial score (nSPS) is 30.2. The van der Waals surface area contributed by atoms with Gasteiger partial charge >= 0.3 is 6.18 Å². The number of hydrogen-bond acceptors (Lipinski definition) is 3. The highest BCUT2D eigenvalue weighted by atomic mass is 19.4. The third kappa shape index (κ3) is 4.74. The molecule has 5 rings (SSSR count). The van der Waals surface area contributed by atoms with Crippen LogP contribution in [0.4, 0.5) is 17.6 Å². The van der Waals surface area contributed by atoms with Crippen molar-refractivity contribution in [3.05, 3.63) is 41.5 Å². The fraction of sp³-hybridized carbons (Fsp3) is 0.607. The molecule has 0 amide bonds. The number of halogens is 4. The predicted molar refractivity (Wildman–Crippen MR) is 127 cm³/mol. The van der Waals surface area contributed by atoms with Crippen LogP contribution < -0.4 is 4.74 Å². The smallest absolute Gasteiger partial charge is 0.391 e. The van der Waals surface area contributed by atoms with Gasteiger partial charge in [0.25, 0.3) is 0 Å². The summed E-state index contributed by atoms with van der Waals surface area (Å²) in [6, 6.07) is 13.4. The summed E-state index contributed by atoms with van der Waals surface area (Å²) >= 11 is 0. The van der Waals surface area contributed by atoms with E-state index in [2.05, 4.69) is 30.0 Å². The molecule has 3 atom stereocenters. The highest BCUT2D eigenvalue weighted by Gasteiger charge is 2.43. The van der Waals surface area contributed by atoms with Gasteiger partial charge in [-0.25, -0.2) is 4.39 Å². The lowest BCUT2D eigenvalue weighted by molar-refractivity contribution is -0.185. The molecule has 3 unspecified atom stereocenters. The molecule has 1 aliphatic carbocycles. The second-order valence-electron chi connectivity index (χ2n) is 10.6. The number of piperidine rings is 1. The van der Waals surface area contributed by atoms with E-state index in [1.807, 2.05) is 12.1 Å². The molecule has 3 nitrogen and oxygen atoms in total. The van der Waals surface area contributed by atoms with Crippen molar-refractivity contribution >= 4 is 10.8 Å². The van der Waals surface area contributed by atoms with Crippen molar-refractivity contribution in [2.24, 2.45) is 11.8 Å². The molecule has 188 valence electrons. The maximum Gasteiger partial charge on any atom is 0.391 e. The number of ether oxygens (including phenoxy) is 1. The fourth-order valence-corrected chi connectivity index (χ4v) is 6.71. The molecule has 2 aromatic carbocycles. The molecule has 2 heterocycles. The van der Waals surface area contributed by atoms with Crippen LogP contribution in [0.3, 0.4) is 0 Å². The standard InChI is InChI=1S/C28H32F4N2O/c1-17(34-22-6-7-23(34)13-18(12-22)16-33)19-2-10-25-20(14-19)3-11-27(26(25)15-29)35-24-8-4-21(5-9-24)28(30,31)32/h2-3,10-11,14,17-18,21-24H,4-9,12-13,15H2,1H3/t17?,18?,21-,22?,23?,24+. The average Bonchev–Trinajstić information content (AvgIpc) is 3.12. The number of nitrogens with zero attached hydrogens (tertiary/aromatic N) is 2. The lowest BCUT2D eigenvalue weighted by atomic mass is 9.87. The molecule has 2 saturated heterocycles. The van der Waals surface area contributed by atoms with E-state index in [9.17, 15) is 22.8 Å². The number of fused-ring (bicyclic) bond motifs is 3. The van der Waals surface area contributed by atoms with Crippen LogP contribution in [-0.2, 0) is 6.67 Å². The Kier molecular flexibility index (Phi) is 6.69. The van der Waals surface area contributed by atoms with Gasteiger partial charge in [0.1, 0.15) is 12.4 Å². The number of rotatable bonds is 5. The van der Waals surface area contributed by atoms with Crippen LogP contribution in [0.1, 0.15) is 75.5 Å². The summed E-state index contributed by atoms with van der Waals surface area (Å²) in [7, 11) is 0. The van der Waals surface area contributed by atoms with Crippen LogP contribution in [0.2, 0.25) is 0 Å². The van der Waals surface area contributed by atoms with Gasteiger partial charge in [-0.15, -0.1) is 0 Å². The topological polar surface area (TPSA) is 36.3 Å². The first-order valence-corrected chi connectivity index (χ1v) is 12.8. The van der Waals surface area contributed by atoms with E-state index in [4.69, 9.17) is 4.74 Å². The highest BCUT2D eigenvalue weighted by molar-refractivity contribution is 5.88. The quantitative estimate of drug-likeness (QED) is 0.406. The SMILES string of the molecule is CC(c1ccc2c(CF)c(O[C@H]3CC[C@@H](C(F)(F)F)CC3)ccc2c1)N1C2CCC1CC(C#N)C2. The van der Waals surface area contributed by atoms with Crippen LogP contribution in [0.25, 0.3) is 10.8 Å². The molecule has 0 N–H and O–H groups in total. The Hall–Kier alpha value is -2.33. The van der Waals surface area contributed by atoms with Crippen molar-refractivity contribution in [1.82, 2.24) is 4.90 Å². The van der Waals surface area contributed by atoms with Gasteiger partial charge in [0.05, 0.1) is 18.1 Å². The van der Waals surface area contributed by atoms with Crippen molar-refractivity contribution in [3.8, 4) is 11.8 Å². The molecule has 0 spiro atoms. The first kappa shape index (κ1) is 24.4. The van der Waals surface area contributed by atoms with Gasteiger partial charge in [0, 0.05) is 29.6 Å². The van der Waals surface area contributed by atoms with E-state index in [0.717, 1.165) is 36.5 Å². The Morgan fingerprint density at radius 1 is 1.03 bits per heavy atom. The van der Waals surface area contributed by atoms with Crippen molar-refractivity contribution in [2.75, 3.05) is 0 Å². The Bertz CT molecular complexity index is 1090. The van der Waals surface area contributed by atoms with E-state index in [1.165, 1.54) is 5.56 Å². The zero-order valence-electron chi connectivity index (χ0n) is 20.0. The van der Waals surface area contributed by atoms with Crippen LogP contribution >= 0.6 is 0 Å². The van der Waals surface area contributed by atoms with Crippen molar-refractivity contribution < 1.29 is 22.3 Å². The molecule has 35 heavy (non-hydrogen) atoms. The molecule has 1 saturated carbocycles. The highest BCUT2D eigenvalue weighted by Crippen LogP contribution is 2.44. The summed E-state index contributed by atoms with van der Waals surface area (Å²) in [6.07, 6.45) is 0.440. The van der Waals surface area contributed by atoms with Crippen LogP contribution in [-0.4, -0.2) is 29.3 Å². The summed E-state index contributed by atoms with van der Waals surface area (Å²) in [6.45, 7) is 1.52. The number of alkyl halides is 4. The van der Waals surface area contributed by atoms with E-state index >= 15 is 0 Å². The maximum atomic E-state index is 14.2. The first-order chi connectivity index (χ1) is 16.8. The molecule has 2 aromatic rings. The Balaban J connectivity index is 1.33. The molecule has 3 fully saturated rings. The lowest BCUT2D eigenvalue weighted by Crippen LogP contribution is -2.43. The van der Waals surface area contributed by atoms with Gasteiger partial charge in [-0.3, -0.25) is 4.90 Å². The minimum Gasteiger partial charge on any atom is -0.490 e. The molecule has 2 aliphatic heterocycles. The maximum absolute atomic E-state index is 14.2. The van der Waals surface area contributed by atoms with Crippen LogP contribution in [0.5, 0.6) is 5.75 Å². The number of benzene rings is 2. The second-order valence-corrected chi connectivity index (χ2v) is 10.6. The second kappa shape index (κ2) is 9.61. The first-order valence-electron chi connectivity index (χ1n) is 12.8. The Morgan fingerprint density at radius 2 is 1.71 bits per heavy atom. The largest absolute Gasteiger partial charge is 0.490 e. The third-order valence-electron chi connectivity index (χ3n) is 8.58. The van der Waals surface area contributed by atoms with Gasteiger partial charge < -0.3 is 4.74 Å². The number of hydrogen-bond donors (Lipinski definition) is 0. The number of nitriles is 1. The predicted octanol–water partition coefficient (Wildman–Crippen LogP) is 7.64.